The van der Waals surface area contributed by atoms with Crippen molar-refractivity contribution in [2.24, 2.45) is 0 Å². The minimum Gasteiger partial charge on any atom is -0.339 e. The molecule has 2 aliphatic rings. The van der Waals surface area contributed by atoms with Gasteiger partial charge < -0.3 is 14.7 Å². The highest BCUT2D eigenvalue weighted by Crippen LogP contribution is 2.44. The first kappa shape index (κ1) is 21.8. The van der Waals surface area contributed by atoms with Crippen molar-refractivity contribution < 1.29 is 18.9 Å². The fraction of sp³-hybridized carbons (Fsp3) is 0.320. The summed E-state index contributed by atoms with van der Waals surface area (Å²) in [6, 6.07) is 14.5. The smallest absolute Gasteiger partial charge is 0.257 e. The molecule has 34 heavy (non-hydrogen) atoms. The number of para-hydroxylation sites is 2. The maximum Gasteiger partial charge on any atom is 0.257 e. The zero-order valence-corrected chi connectivity index (χ0v) is 19.1. The lowest BCUT2D eigenvalue weighted by Crippen LogP contribution is -2.62. The molecule has 1 unspecified atom stereocenters. The van der Waals surface area contributed by atoms with E-state index in [1.165, 1.54) is 0 Å². The summed E-state index contributed by atoms with van der Waals surface area (Å²) in [6.07, 6.45) is 1.63. The fourth-order valence-corrected chi connectivity index (χ4v) is 4.85. The van der Waals surface area contributed by atoms with E-state index in [0.29, 0.717) is 60.0 Å². The second kappa shape index (κ2) is 8.40. The van der Waals surface area contributed by atoms with E-state index in [-0.39, 0.29) is 24.1 Å². The highest BCUT2D eigenvalue weighted by atomic mass is 16.5. The molecule has 9 nitrogen and oxygen atoms in total. The number of aromatic nitrogens is 2. The Hall–Kier alpha value is -4.01. The Kier molecular flexibility index (Phi) is 5.39. The SMILES string of the molecule is Cc1nc(-c2ccccc2NC(=O)CCCN2C(=O)c3ccccc3N3C(=O)CCC23C)no1. The molecule has 174 valence electrons. The van der Waals surface area contributed by atoms with Crippen molar-refractivity contribution in [2.45, 2.75) is 45.2 Å². The van der Waals surface area contributed by atoms with Gasteiger partial charge in [-0.1, -0.05) is 29.4 Å². The predicted octanol–water partition coefficient (Wildman–Crippen LogP) is 3.76. The van der Waals surface area contributed by atoms with Crippen LogP contribution in [0.2, 0.25) is 0 Å². The molecular weight excluding hydrogens is 434 g/mol. The Morgan fingerprint density at radius 3 is 2.62 bits per heavy atom. The number of hydrogen-bond donors (Lipinski definition) is 1. The first-order valence-corrected chi connectivity index (χ1v) is 11.3. The van der Waals surface area contributed by atoms with Crippen LogP contribution in [0.25, 0.3) is 11.4 Å². The van der Waals surface area contributed by atoms with Crippen molar-refractivity contribution in [3.63, 3.8) is 0 Å². The lowest BCUT2D eigenvalue weighted by Gasteiger charge is -2.48. The van der Waals surface area contributed by atoms with E-state index in [1.807, 2.05) is 37.3 Å². The summed E-state index contributed by atoms with van der Waals surface area (Å²) >= 11 is 0. The summed E-state index contributed by atoms with van der Waals surface area (Å²) in [5.74, 6) is 0.574. The summed E-state index contributed by atoms with van der Waals surface area (Å²) in [5, 5.41) is 6.85. The first-order valence-electron chi connectivity index (χ1n) is 11.3. The average molecular weight is 460 g/mol. The molecule has 3 amide bonds. The summed E-state index contributed by atoms with van der Waals surface area (Å²) in [4.78, 5) is 46.4. The molecule has 2 aliphatic heterocycles. The summed E-state index contributed by atoms with van der Waals surface area (Å²) < 4.78 is 5.06. The lowest BCUT2D eigenvalue weighted by atomic mass is 9.98. The van der Waals surface area contributed by atoms with E-state index in [0.717, 1.165) is 0 Å². The van der Waals surface area contributed by atoms with Crippen LogP contribution >= 0.6 is 0 Å². The number of nitrogens with zero attached hydrogens (tertiary/aromatic N) is 4. The zero-order valence-electron chi connectivity index (χ0n) is 19.1. The van der Waals surface area contributed by atoms with Crippen LogP contribution in [0.5, 0.6) is 0 Å². The van der Waals surface area contributed by atoms with Crippen molar-refractivity contribution in [1.29, 1.82) is 0 Å². The number of carbonyl (C=O) groups is 3. The third-order valence-electron chi connectivity index (χ3n) is 6.50. The quantitative estimate of drug-likeness (QED) is 0.601. The zero-order chi connectivity index (χ0) is 23.9. The standard InChI is InChI=1S/C25H25N5O4/c1-16-26-23(28-34-16)17-8-3-5-10-19(17)27-21(31)12-7-15-29-24(33)18-9-4-6-11-20(18)30-22(32)13-14-25(29,30)2/h3-6,8-11H,7,12-15H2,1-2H3,(H,27,31). The molecule has 2 aromatic carbocycles. The van der Waals surface area contributed by atoms with Gasteiger partial charge in [0.25, 0.3) is 5.91 Å². The number of nitrogens with one attached hydrogen (secondary N) is 1. The van der Waals surface area contributed by atoms with Crippen molar-refractivity contribution in [2.75, 3.05) is 16.8 Å². The molecule has 3 heterocycles. The number of benzene rings is 2. The topological polar surface area (TPSA) is 109 Å². The summed E-state index contributed by atoms with van der Waals surface area (Å²) in [6.45, 7) is 4.00. The monoisotopic (exact) mass is 459 g/mol. The van der Waals surface area contributed by atoms with Gasteiger partial charge in [0.2, 0.25) is 23.5 Å². The van der Waals surface area contributed by atoms with Gasteiger partial charge >= 0.3 is 0 Å². The van der Waals surface area contributed by atoms with Crippen molar-refractivity contribution >= 4 is 29.1 Å². The maximum atomic E-state index is 13.3. The van der Waals surface area contributed by atoms with Crippen LogP contribution in [-0.4, -0.2) is 45.0 Å². The Morgan fingerprint density at radius 1 is 1.12 bits per heavy atom. The van der Waals surface area contributed by atoms with Crippen LogP contribution < -0.4 is 10.2 Å². The van der Waals surface area contributed by atoms with Gasteiger partial charge in [-0.3, -0.25) is 19.3 Å². The van der Waals surface area contributed by atoms with E-state index in [2.05, 4.69) is 15.5 Å². The number of aryl methyl sites for hydroxylation is 1. The number of hydrogen-bond acceptors (Lipinski definition) is 6. The normalized spacial score (nSPS) is 19.2. The molecular formula is C25H25N5O4. The van der Waals surface area contributed by atoms with Crippen LogP contribution in [0.15, 0.2) is 53.1 Å². The Bertz CT molecular complexity index is 1290. The molecule has 9 heteroatoms. The van der Waals surface area contributed by atoms with Gasteiger partial charge in [-0.25, -0.2) is 0 Å². The third kappa shape index (κ3) is 3.63. The van der Waals surface area contributed by atoms with Crippen molar-refractivity contribution in [3.05, 3.63) is 60.0 Å². The average Bonchev–Trinajstić information content (AvgIpc) is 3.39. The molecule has 0 radical (unpaired) electrons. The summed E-state index contributed by atoms with van der Waals surface area (Å²) in [5.41, 5.74) is 1.73. The van der Waals surface area contributed by atoms with Crippen LogP contribution in [0, 0.1) is 6.92 Å². The first-order chi connectivity index (χ1) is 16.4. The molecule has 0 saturated carbocycles. The number of amides is 3. The third-order valence-corrected chi connectivity index (χ3v) is 6.50. The molecule has 1 atom stereocenters. The highest BCUT2D eigenvalue weighted by Gasteiger charge is 2.52. The number of carbonyl (C=O) groups excluding carboxylic acids is 3. The van der Waals surface area contributed by atoms with Gasteiger partial charge in [-0.05, 0) is 44.0 Å². The fourth-order valence-electron chi connectivity index (χ4n) is 4.85. The minimum atomic E-state index is -0.720. The highest BCUT2D eigenvalue weighted by molar-refractivity contribution is 6.10. The van der Waals surface area contributed by atoms with E-state index < -0.39 is 5.66 Å². The van der Waals surface area contributed by atoms with E-state index in [9.17, 15) is 14.4 Å². The lowest BCUT2D eigenvalue weighted by molar-refractivity contribution is -0.118. The molecule has 0 bridgehead atoms. The van der Waals surface area contributed by atoms with E-state index in [4.69, 9.17) is 4.52 Å². The largest absolute Gasteiger partial charge is 0.339 e. The molecule has 0 spiro atoms. The molecule has 1 fully saturated rings. The van der Waals surface area contributed by atoms with Gasteiger partial charge in [0.05, 0.1) is 16.9 Å². The second-order valence-electron chi connectivity index (χ2n) is 8.75. The molecule has 1 aromatic heterocycles. The van der Waals surface area contributed by atoms with Gasteiger partial charge in [0.1, 0.15) is 5.66 Å². The molecule has 0 aliphatic carbocycles. The van der Waals surface area contributed by atoms with Crippen LogP contribution in [0.3, 0.4) is 0 Å². The van der Waals surface area contributed by atoms with Crippen LogP contribution in [-0.2, 0) is 9.59 Å². The van der Waals surface area contributed by atoms with Gasteiger partial charge in [-0.2, -0.15) is 4.98 Å². The van der Waals surface area contributed by atoms with Gasteiger partial charge in [0, 0.05) is 31.9 Å². The van der Waals surface area contributed by atoms with Gasteiger partial charge in [0.15, 0.2) is 0 Å². The van der Waals surface area contributed by atoms with Crippen LogP contribution in [0.1, 0.15) is 48.9 Å². The predicted molar refractivity (Wildman–Crippen MR) is 125 cm³/mol. The molecule has 5 rings (SSSR count). The van der Waals surface area contributed by atoms with Gasteiger partial charge in [-0.15, -0.1) is 0 Å². The molecule has 3 aromatic rings. The van der Waals surface area contributed by atoms with E-state index in [1.54, 1.807) is 34.9 Å². The van der Waals surface area contributed by atoms with E-state index >= 15 is 0 Å². The Balaban J connectivity index is 1.28. The number of fused-ring (bicyclic) bond motifs is 3. The molecule has 1 saturated heterocycles. The number of rotatable bonds is 6. The maximum absolute atomic E-state index is 13.3. The van der Waals surface area contributed by atoms with Crippen LogP contribution in [0.4, 0.5) is 11.4 Å². The minimum absolute atomic E-state index is 0.0125. The summed E-state index contributed by atoms with van der Waals surface area (Å²) in [7, 11) is 0. The van der Waals surface area contributed by atoms with Crippen molar-refractivity contribution in [1.82, 2.24) is 15.0 Å². The Morgan fingerprint density at radius 2 is 1.85 bits per heavy atom. The second-order valence-corrected chi connectivity index (χ2v) is 8.75. The Labute approximate surface area is 196 Å². The van der Waals surface area contributed by atoms with Crippen molar-refractivity contribution in [3.8, 4) is 11.4 Å². The number of anilines is 2. The molecule has 1 N–H and O–H groups in total.